The molecule has 0 saturated heterocycles. The van der Waals surface area contributed by atoms with Gasteiger partial charge in [0.15, 0.2) is 9.84 Å². The van der Waals surface area contributed by atoms with Crippen molar-refractivity contribution in [2.45, 2.75) is 22.2 Å². The van der Waals surface area contributed by atoms with Crippen LogP contribution >= 0.6 is 23.2 Å². The standard InChI is InChI=1S/C22H17Cl2F3N2O6S2/c1-35-21(29-37(33,34)13-7-8-17(24)16(10-13)22(25,26)27)15-9-12(23)11-28-19(15)20(30)14-5-3-4-6-18(14)36(2,31)32/h3-11,21,29H,1-2H3. The molecule has 0 spiro atoms. The number of aromatic nitrogens is 1. The predicted molar refractivity (Wildman–Crippen MR) is 129 cm³/mol. The molecule has 0 fully saturated rings. The fourth-order valence-corrected chi connectivity index (χ4v) is 5.72. The van der Waals surface area contributed by atoms with E-state index in [1.54, 1.807) is 0 Å². The Balaban J connectivity index is 2.10. The number of ketones is 1. The van der Waals surface area contributed by atoms with Crippen LogP contribution < -0.4 is 4.72 Å². The van der Waals surface area contributed by atoms with E-state index < -0.39 is 59.2 Å². The fourth-order valence-electron chi connectivity index (χ4n) is 3.29. The maximum absolute atomic E-state index is 13.4. The second-order valence-electron chi connectivity index (χ2n) is 7.57. The van der Waals surface area contributed by atoms with E-state index >= 15 is 0 Å². The Morgan fingerprint density at radius 1 is 1.05 bits per heavy atom. The van der Waals surface area contributed by atoms with Gasteiger partial charge in [0, 0.05) is 30.7 Å². The zero-order chi connectivity index (χ0) is 27.8. The molecule has 1 N–H and O–H groups in total. The number of sulfone groups is 1. The SMILES string of the molecule is COC(NS(=O)(=O)c1ccc(Cl)c(C(F)(F)F)c1)c1cc(Cl)cnc1C(=O)c1ccccc1S(C)(=O)=O. The highest BCUT2D eigenvalue weighted by Gasteiger charge is 2.35. The third-order valence-corrected chi connectivity index (χ3v) is 8.05. The van der Waals surface area contributed by atoms with E-state index in [-0.39, 0.29) is 21.0 Å². The van der Waals surface area contributed by atoms with Crippen LogP contribution in [0.4, 0.5) is 13.2 Å². The average Bonchev–Trinajstić information content (AvgIpc) is 2.81. The lowest BCUT2D eigenvalue weighted by Gasteiger charge is -2.21. The average molecular weight is 597 g/mol. The topological polar surface area (TPSA) is 119 Å². The molecule has 1 atom stereocenters. The first-order valence-electron chi connectivity index (χ1n) is 9.97. The highest BCUT2D eigenvalue weighted by molar-refractivity contribution is 7.90. The number of halogens is 5. The molecule has 0 aliphatic carbocycles. The molecule has 0 aliphatic rings. The largest absolute Gasteiger partial charge is 0.417 e. The molecule has 0 saturated carbocycles. The minimum absolute atomic E-state index is 0.0324. The third-order valence-electron chi connectivity index (χ3n) is 4.96. The number of pyridine rings is 1. The summed E-state index contributed by atoms with van der Waals surface area (Å²) in [5, 5.41) is -0.735. The monoisotopic (exact) mass is 596 g/mol. The zero-order valence-corrected chi connectivity index (χ0v) is 22.0. The molecule has 198 valence electrons. The van der Waals surface area contributed by atoms with Crippen molar-refractivity contribution >= 4 is 48.8 Å². The van der Waals surface area contributed by atoms with Crippen LogP contribution in [0.1, 0.15) is 33.4 Å². The molecule has 37 heavy (non-hydrogen) atoms. The van der Waals surface area contributed by atoms with E-state index in [4.69, 9.17) is 27.9 Å². The minimum atomic E-state index is -4.92. The summed E-state index contributed by atoms with van der Waals surface area (Å²) in [5.41, 5.74) is -2.23. The Kier molecular flexibility index (Phi) is 8.37. The lowest BCUT2D eigenvalue weighted by Crippen LogP contribution is -2.31. The van der Waals surface area contributed by atoms with Gasteiger partial charge in [0.2, 0.25) is 15.8 Å². The van der Waals surface area contributed by atoms with Gasteiger partial charge >= 0.3 is 6.18 Å². The molecule has 8 nitrogen and oxygen atoms in total. The van der Waals surface area contributed by atoms with Crippen LogP contribution in [0.25, 0.3) is 0 Å². The Morgan fingerprint density at radius 3 is 2.30 bits per heavy atom. The number of hydrogen-bond acceptors (Lipinski definition) is 7. The van der Waals surface area contributed by atoms with Crippen molar-refractivity contribution in [1.82, 2.24) is 9.71 Å². The highest BCUT2D eigenvalue weighted by Crippen LogP contribution is 2.36. The number of sulfonamides is 1. The molecule has 3 rings (SSSR count). The molecule has 0 bridgehead atoms. The Hall–Kier alpha value is -2.55. The maximum atomic E-state index is 13.4. The van der Waals surface area contributed by atoms with Crippen LogP contribution in [-0.2, 0) is 30.8 Å². The molecule has 1 aromatic heterocycles. The van der Waals surface area contributed by atoms with Gasteiger partial charge in [-0.25, -0.2) is 16.8 Å². The summed E-state index contributed by atoms with van der Waals surface area (Å²) < 4.78 is 97.3. The Morgan fingerprint density at radius 2 is 1.70 bits per heavy atom. The molecule has 0 radical (unpaired) electrons. The molecule has 15 heteroatoms. The second-order valence-corrected chi connectivity index (χ2v) is 12.1. The number of benzene rings is 2. The van der Waals surface area contributed by atoms with Gasteiger partial charge in [0.05, 0.1) is 25.4 Å². The number of nitrogens with one attached hydrogen (secondary N) is 1. The van der Waals surface area contributed by atoms with E-state index in [1.807, 2.05) is 0 Å². The number of methoxy groups -OCH3 is 1. The second kappa shape index (κ2) is 10.7. The van der Waals surface area contributed by atoms with Gasteiger partial charge in [-0.05, 0) is 36.4 Å². The molecule has 1 unspecified atom stereocenters. The van der Waals surface area contributed by atoms with Gasteiger partial charge in [0.25, 0.3) is 0 Å². The summed E-state index contributed by atoms with van der Waals surface area (Å²) >= 11 is 11.6. The van der Waals surface area contributed by atoms with Crippen molar-refractivity contribution in [3.63, 3.8) is 0 Å². The van der Waals surface area contributed by atoms with E-state index in [1.165, 1.54) is 24.3 Å². The van der Waals surface area contributed by atoms with Crippen molar-refractivity contribution in [2.24, 2.45) is 0 Å². The quantitative estimate of drug-likeness (QED) is 0.296. The van der Waals surface area contributed by atoms with Crippen molar-refractivity contribution < 1.29 is 39.5 Å². The van der Waals surface area contributed by atoms with Crippen LogP contribution in [0.3, 0.4) is 0 Å². The highest BCUT2D eigenvalue weighted by atomic mass is 35.5. The summed E-state index contributed by atoms with van der Waals surface area (Å²) in [4.78, 5) is 16.2. The predicted octanol–water partition coefficient (Wildman–Crippen LogP) is 4.67. The van der Waals surface area contributed by atoms with Crippen LogP contribution in [0.5, 0.6) is 0 Å². The van der Waals surface area contributed by atoms with Crippen LogP contribution in [0, 0.1) is 0 Å². The normalized spacial score (nSPS) is 13.4. The van der Waals surface area contributed by atoms with Gasteiger partial charge in [-0.3, -0.25) is 9.78 Å². The van der Waals surface area contributed by atoms with Crippen LogP contribution in [0.15, 0.2) is 64.5 Å². The lowest BCUT2D eigenvalue weighted by atomic mass is 10.0. The summed E-state index contributed by atoms with van der Waals surface area (Å²) in [6, 6.07) is 8.44. The first-order valence-corrected chi connectivity index (χ1v) is 14.1. The van der Waals surface area contributed by atoms with Crippen molar-refractivity contribution in [2.75, 3.05) is 13.4 Å². The Labute approximate surface area is 220 Å². The molecule has 0 amide bonds. The summed E-state index contributed by atoms with van der Waals surface area (Å²) in [5.74, 6) is -0.889. The summed E-state index contributed by atoms with van der Waals surface area (Å²) in [7, 11) is -7.46. The fraction of sp³-hybridized carbons (Fsp3) is 0.182. The zero-order valence-electron chi connectivity index (χ0n) is 18.9. The van der Waals surface area contributed by atoms with Crippen LogP contribution in [-0.4, -0.2) is 41.0 Å². The molecular weight excluding hydrogens is 580 g/mol. The van der Waals surface area contributed by atoms with Gasteiger partial charge in [-0.2, -0.15) is 17.9 Å². The van der Waals surface area contributed by atoms with Crippen molar-refractivity contribution in [1.29, 1.82) is 0 Å². The minimum Gasteiger partial charge on any atom is -0.361 e. The van der Waals surface area contributed by atoms with Gasteiger partial charge in [0.1, 0.15) is 11.9 Å². The number of ether oxygens (including phenoxy) is 1. The number of alkyl halides is 3. The summed E-state index contributed by atoms with van der Waals surface area (Å²) in [6.07, 6.45) is -4.60. The van der Waals surface area contributed by atoms with E-state index in [9.17, 15) is 34.8 Å². The molecule has 1 heterocycles. The summed E-state index contributed by atoms with van der Waals surface area (Å²) in [6.45, 7) is 0. The molecular formula is C22H17Cl2F3N2O6S2. The third kappa shape index (κ3) is 6.48. The van der Waals surface area contributed by atoms with Gasteiger partial charge in [-0.1, -0.05) is 35.3 Å². The molecule has 2 aromatic carbocycles. The Bertz CT molecular complexity index is 1580. The van der Waals surface area contributed by atoms with E-state index in [0.717, 1.165) is 37.8 Å². The number of nitrogens with zero attached hydrogens (tertiary/aromatic N) is 1. The number of rotatable bonds is 8. The van der Waals surface area contributed by atoms with Gasteiger partial charge < -0.3 is 4.74 Å². The number of hydrogen-bond donors (Lipinski definition) is 1. The maximum Gasteiger partial charge on any atom is 0.417 e. The molecule has 3 aromatic rings. The van der Waals surface area contributed by atoms with Crippen molar-refractivity contribution in [3.05, 3.63) is 87.2 Å². The van der Waals surface area contributed by atoms with Crippen LogP contribution in [0.2, 0.25) is 10.0 Å². The lowest BCUT2D eigenvalue weighted by molar-refractivity contribution is -0.137. The smallest absolute Gasteiger partial charge is 0.361 e. The van der Waals surface area contributed by atoms with E-state index in [0.29, 0.717) is 6.07 Å². The first kappa shape index (κ1) is 29.0. The first-order chi connectivity index (χ1) is 17.1. The van der Waals surface area contributed by atoms with Gasteiger partial charge in [-0.15, -0.1) is 0 Å². The molecule has 0 aliphatic heterocycles. The number of carbonyl (C=O) groups excluding carboxylic acids is 1. The number of carbonyl (C=O) groups is 1. The van der Waals surface area contributed by atoms with Crippen molar-refractivity contribution in [3.8, 4) is 0 Å². The van der Waals surface area contributed by atoms with E-state index in [2.05, 4.69) is 9.71 Å².